The van der Waals surface area contributed by atoms with Crippen molar-refractivity contribution in [2.24, 2.45) is 0 Å². The first-order valence-corrected chi connectivity index (χ1v) is 5.88. The van der Waals surface area contributed by atoms with Crippen LogP contribution in [0.5, 0.6) is 11.5 Å². The normalized spacial score (nSPS) is 11.1. The lowest BCUT2D eigenvalue weighted by molar-refractivity contribution is -0.144. The molecule has 2 aromatic rings. The molecule has 1 heterocycles. The fourth-order valence-electron chi connectivity index (χ4n) is 1.60. The van der Waals surface area contributed by atoms with E-state index < -0.39 is 23.9 Å². The van der Waals surface area contributed by atoms with Gasteiger partial charge in [0.1, 0.15) is 11.5 Å². The van der Waals surface area contributed by atoms with Crippen LogP contribution in [0.2, 0.25) is 0 Å². The number of halogens is 3. The van der Waals surface area contributed by atoms with Crippen LogP contribution in [0.25, 0.3) is 0 Å². The van der Waals surface area contributed by atoms with Gasteiger partial charge in [-0.2, -0.15) is 18.2 Å². The van der Waals surface area contributed by atoms with E-state index in [-0.39, 0.29) is 11.3 Å². The minimum absolute atomic E-state index is 0.0696. The monoisotopic (exact) mass is 316 g/mol. The first kappa shape index (κ1) is 15.6. The summed E-state index contributed by atoms with van der Waals surface area (Å²) in [6, 6.07) is 4.45. The Morgan fingerprint density at radius 3 is 2.55 bits per heavy atom. The molecule has 0 saturated carbocycles. The zero-order valence-electron chi connectivity index (χ0n) is 11.5. The molecule has 1 aromatic heterocycles. The maximum absolute atomic E-state index is 12.4. The van der Waals surface area contributed by atoms with Crippen LogP contribution in [-0.2, 0) is 6.18 Å². The number of carbonyl (C=O) groups is 1. The molecule has 0 aliphatic heterocycles. The molecule has 0 atom stereocenters. The Labute approximate surface area is 122 Å². The van der Waals surface area contributed by atoms with Gasteiger partial charge in [-0.25, -0.2) is 0 Å². The highest BCUT2D eigenvalue weighted by Gasteiger charge is 2.35. The molecule has 0 saturated heterocycles. The number of benzene rings is 1. The number of carbonyl (C=O) groups excluding carboxylic acids is 1. The van der Waals surface area contributed by atoms with Gasteiger partial charge in [-0.05, 0) is 18.2 Å². The Kier molecular flexibility index (Phi) is 4.20. The zero-order chi connectivity index (χ0) is 16.3. The van der Waals surface area contributed by atoms with Gasteiger partial charge in [0.2, 0.25) is 11.8 Å². The standard InChI is InChI=1S/C12H11F3N4O3/c1-21-6-3-4-8(22-2)7(5-6)9(20)16-11-17-10(18-19-11)12(13,14)15/h3-5H,1-2H3,(H2,16,17,18,19,20). The molecule has 0 radical (unpaired) electrons. The maximum Gasteiger partial charge on any atom is 0.451 e. The summed E-state index contributed by atoms with van der Waals surface area (Å²) in [6.45, 7) is 0. The van der Waals surface area contributed by atoms with E-state index in [1.807, 2.05) is 0 Å². The number of methoxy groups -OCH3 is 2. The first-order chi connectivity index (χ1) is 10.3. The number of anilines is 1. The number of aromatic nitrogens is 3. The number of aromatic amines is 1. The lowest BCUT2D eigenvalue weighted by atomic mass is 10.1. The van der Waals surface area contributed by atoms with Crippen molar-refractivity contribution in [3.8, 4) is 11.5 Å². The minimum atomic E-state index is -4.68. The number of ether oxygens (including phenoxy) is 2. The molecular formula is C12H11F3N4O3. The second kappa shape index (κ2) is 5.92. The minimum Gasteiger partial charge on any atom is -0.497 e. The number of nitrogens with one attached hydrogen (secondary N) is 2. The van der Waals surface area contributed by atoms with E-state index in [9.17, 15) is 18.0 Å². The molecule has 0 bridgehead atoms. The molecular weight excluding hydrogens is 305 g/mol. The third-order valence-corrected chi connectivity index (χ3v) is 2.63. The summed E-state index contributed by atoms with van der Waals surface area (Å²) >= 11 is 0. The Balaban J connectivity index is 2.24. The fourth-order valence-corrected chi connectivity index (χ4v) is 1.60. The second-order valence-corrected chi connectivity index (χ2v) is 4.03. The largest absolute Gasteiger partial charge is 0.497 e. The van der Waals surface area contributed by atoms with Gasteiger partial charge in [-0.3, -0.25) is 15.2 Å². The first-order valence-electron chi connectivity index (χ1n) is 5.88. The van der Waals surface area contributed by atoms with Gasteiger partial charge in [0.25, 0.3) is 5.91 Å². The number of hydrogen-bond donors (Lipinski definition) is 2. The lowest BCUT2D eigenvalue weighted by Gasteiger charge is -2.09. The van der Waals surface area contributed by atoms with E-state index >= 15 is 0 Å². The molecule has 0 unspecified atom stereocenters. The van der Waals surface area contributed by atoms with Crippen molar-refractivity contribution in [1.82, 2.24) is 15.2 Å². The molecule has 22 heavy (non-hydrogen) atoms. The van der Waals surface area contributed by atoms with Gasteiger partial charge in [-0.15, -0.1) is 5.10 Å². The smallest absolute Gasteiger partial charge is 0.451 e. The van der Waals surface area contributed by atoms with Gasteiger partial charge in [0.05, 0.1) is 19.8 Å². The Bertz CT molecular complexity index is 684. The van der Waals surface area contributed by atoms with Crippen LogP contribution in [0.4, 0.5) is 19.1 Å². The summed E-state index contributed by atoms with van der Waals surface area (Å²) in [7, 11) is 2.77. The summed E-state index contributed by atoms with van der Waals surface area (Å²) in [5.74, 6) is -1.92. The Hall–Kier alpha value is -2.78. The van der Waals surface area contributed by atoms with Crippen molar-refractivity contribution in [3.63, 3.8) is 0 Å². The SMILES string of the molecule is COc1ccc(OC)c(C(=O)Nc2n[nH]c(C(F)(F)F)n2)c1. The van der Waals surface area contributed by atoms with E-state index in [0.717, 1.165) is 0 Å². The fraction of sp³-hybridized carbons (Fsp3) is 0.250. The summed E-state index contributed by atoms with van der Waals surface area (Å²) in [5, 5.41) is 7.13. The number of alkyl halides is 3. The highest BCUT2D eigenvalue weighted by atomic mass is 19.4. The van der Waals surface area contributed by atoms with Crippen LogP contribution in [0.1, 0.15) is 16.2 Å². The molecule has 0 spiro atoms. The van der Waals surface area contributed by atoms with E-state index in [4.69, 9.17) is 9.47 Å². The Morgan fingerprint density at radius 1 is 1.27 bits per heavy atom. The predicted molar refractivity (Wildman–Crippen MR) is 68.9 cm³/mol. The number of hydrogen-bond acceptors (Lipinski definition) is 5. The summed E-state index contributed by atoms with van der Waals surface area (Å²) in [6.07, 6.45) is -4.68. The highest BCUT2D eigenvalue weighted by molar-refractivity contribution is 6.05. The van der Waals surface area contributed by atoms with Crippen molar-refractivity contribution >= 4 is 11.9 Å². The van der Waals surface area contributed by atoms with Crippen LogP contribution in [0.3, 0.4) is 0 Å². The number of rotatable bonds is 4. The number of H-pyrrole nitrogens is 1. The molecule has 7 nitrogen and oxygen atoms in total. The van der Waals surface area contributed by atoms with E-state index in [2.05, 4.69) is 15.4 Å². The third-order valence-electron chi connectivity index (χ3n) is 2.63. The van der Waals surface area contributed by atoms with Gasteiger partial charge in [-0.1, -0.05) is 0 Å². The van der Waals surface area contributed by atoms with Gasteiger partial charge >= 0.3 is 6.18 Å². The molecule has 2 rings (SSSR count). The quantitative estimate of drug-likeness (QED) is 0.901. The predicted octanol–water partition coefficient (Wildman–Crippen LogP) is 2.09. The molecule has 1 amide bonds. The number of nitrogens with zero attached hydrogens (tertiary/aromatic N) is 2. The van der Waals surface area contributed by atoms with Crippen molar-refractivity contribution in [3.05, 3.63) is 29.6 Å². The van der Waals surface area contributed by atoms with E-state index in [1.165, 1.54) is 26.4 Å². The molecule has 1 aromatic carbocycles. The Morgan fingerprint density at radius 2 is 2.00 bits per heavy atom. The highest BCUT2D eigenvalue weighted by Crippen LogP contribution is 2.27. The summed E-state index contributed by atoms with van der Waals surface area (Å²) in [4.78, 5) is 15.2. The van der Waals surface area contributed by atoms with Crippen molar-refractivity contribution < 1.29 is 27.4 Å². The van der Waals surface area contributed by atoms with Gasteiger partial charge in [0.15, 0.2) is 0 Å². The molecule has 10 heteroatoms. The summed E-state index contributed by atoms with van der Waals surface area (Å²) < 4.78 is 47.2. The van der Waals surface area contributed by atoms with Gasteiger partial charge < -0.3 is 9.47 Å². The molecule has 0 aliphatic carbocycles. The summed E-state index contributed by atoms with van der Waals surface area (Å²) in [5.41, 5.74) is 0.0696. The average molecular weight is 316 g/mol. The van der Waals surface area contributed by atoms with E-state index in [1.54, 1.807) is 11.2 Å². The molecule has 118 valence electrons. The van der Waals surface area contributed by atoms with Crippen molar-refractivity contribution in [1.29, 1.82) is 0 Å². The van der Waals surface area contributed by atoms with Crippen LogP contribution in [0, 0.1) is 0 Å². The van der Waals surface area contributed by atoms with Crippen molar-refractivity contribution in [2.45, 2.75) is 6.18 Å². The zero-order valence-corrected chi connectivity index (χ0v) is 11.5. The molecule has 0 aliphatic rings. The van der Waals surface area contributed by atoms with Crippen LogP contribution < -0.4 is 14.8 Å². The lowest BCUT2D eigenvalue weighted by Crippen LogP contribution is -2.15. The van der Waals surface area contributed by atoms with Crippen LogP contribution in [0.15, 0.2) is 18.2 Å². The van der Waals surface area contributed by atoms with E-state index in [0.29, 0.717) is 5.75 Å². The van der Waals surface area contributed by atoms with Crippen LogP contribution >= 0.6 is 0 Å². The number of amides is 1. The van der Waals surface area contributed by atoms with Crippen molar-refractivity contribution in [2.75, 3.05) is 19.5 Å². The topological polar surface area (TPSA) is 89.1 Å². The van der Waals surface area contributed by atoms with Gasteiger partial charge in [0, 0.05) is 0 Å². The maximum atomic E-state index is 12.4. The average Bonchev–Trinajstić information content (AvgIpc) is 2.95. The third kappa shape index (κ3) is 3.27. The molecule has 0 fully saturated rings. The second-order valence-electron chi connectivity index (χ2n) is 4.03. The molecule has 2 N–H and O–H groups in total. The van der Waals surface area contributed by atoms with Crippen LogP contribution in [-0.4, -0.2) is 35.3 Å².